The molecule has 164 valence electrons. The fraction of sp³-hybridized carbons (Fsp3) is 0.333. The monoisotopic (exact) mass is 530 g/mol. The normalized spacial score (nSPS) is 10.7. The number of nitrogens with zero attached hydrogens (tertiary/aromatic N) is 1. The van der Waals surface area contributed by atoms with Crippen LogP contribution in [0.25, 0.3) is 0 Å². The number of halogens is 2. The Bertz CT molecular complexity index is 849. The van der Waals surface area contributed by atoms with Gasteiger partial charge in [0.15, 0.2) is 17.5 Å². The number of ether oxygens (including phenoxy) is 2. The summed E-state index contributed by atoms with van der Waals surface area (Å²) in [5.74, 6) is 1.13. The molecule has 0 aromatic heterocycles. The standard InChI is InChI=1S/C21H27FN4O3.HI/c1-28-18-7-6-15(13-19(18)29-2)8-9-25-21(23)26-11-10-24-20(27)14-16-4-3-5-17(22)12-16;/h3-7,12-13H,8-11,14H2,1-2H3,(H,24,27)(H3,23,25,26);1H. The number of carbonyl (C=O) groups is 1. The molecule has 0 unspecified atom stereocenters. The van der Waals surface area contributed by atoms with E-state index >= 15 is 0 Å². The van der Waals surface area contributed by atoms with Gasteiger partial charge in [0.1, 0.15) is 5.82 Å². The first kappa shape index (κ1) is 25.5. The van der Waals surface area contributed by atoms with Gasteiger partial charge in [0, 0.05) is 19.6 Å². The van der Waals surface area contributed by atoms with Crippen molar-refractivity contribution >= 4 is 35.8 Å². The lowest BCUT2D eigenvalue weighted by Crippen LogP contribution is -2.39. The zero-order valence-electron chi connectivity index (χ0n) is 17.1. The minimum absolute atomic E-state index is 0. The third-order valence-corrected chi connectivity index (χ3v) is 4.14. The van der Waals surface area contributed by atoms with Crippen LogP contribution >= 0.6 is 24.0 Å². The van der Waals surface area contributed by atoms with Gasteiger partial charge < -0.3 is 25.8 Å². The molecule has 7 nitrogen and oxygen atoms in total. The summed E-state index contributed by atoms with van der Waals surface area (Å²) in [6.45, 7) is 1.35. The van der Waals surface area contributed by atoms with Crippen molar-refractivity contribution in [2.75, 3.05) is 33.9 Å². The largest absolute Gasteiger partial charge is 0.493 e. The van der Waals surface area contributed by atoms with E-state index in [4.69, 9.17) is 15.2 Å². The number of aliphatic imine (C=N–C) groups is 1. The van der Waals surface area contributed by atoms with Gasteiger partial charge in [-0.2, -0.15) is 0 Å². The minimum atomic E-state index is -0.353. The van der Waals surface area contributed by atoms with Crippen molar-refractivity contribution in [3.63, 3.8) is 0 Å². The topological polar surface area (TPSA) is 98.0 Å². The predicted octanol–water partition coefficient (Wildman–Crippen LogP) is 2.27. The lowest BCUT2D eigenvalue weighted by atomic mass is 10.1. The van der Waals surface area contributed by atoms with Crippen molar-refractivity contribution in [2.45, 2.75) is 12.8 Å². The number of benzene rings is 2. The molecule has 0 aliphatic rings. The average molecular weight is 530 g/mol. The van der Waals surface area contributed by atoms with Crippen molar-refractivity contribution in [2.24, 2.45) is 10.7 Å². The van der Waals surface area contributed by atoms with E-state index in [0.29, 0.717) is 49.1 Å². The highest BCUT2D eigenvalue weighted by atomic mass is 127. The van der Waals surface area contributed by atoms with Crippen LogP contribution in [0.3, 0.4) is 0 Å². The number of rotatable bonds is 10. The summed E-state index contributed by atoms with van der Waals surface area (Å²) in [6, 6.07) is 11.7. The quantitative estimate of drug-likeness (QED) is 0.190. The van der Waals surface area contributed by atoms with Gasteiger partial charge in [-0.15, -0.1) is 24.0 Å². The molecular weight excluding hydrogens is 502 g/mol. The number of methoxy groups -OCH3 is 2. The van der Waals surface area contributed by atoms with Gasteiger partial charge in [0.25, 0.3) is 0 Å². The SMILES string of the molecule is COc1ccc(CCN=C(N)NCCNC(=O)Cc2cccc(F)c2)cc1OC.I. The van der Waals surface area contributed by atoms with Gasteiger partial charge in [-0.3, -0.25) is 9.79 Å². The highest BCUT2D eigenvalue weighted by Gasteiger charge is 2.05. The van der Waals surface area contributed by atoms with Gasteiger partial charge in [0.05, 0.1) is 20.6 Å². The minimum Gasteiger partial charge on any atom is -0.493 e. The Balaban J connectivity index is 0.00000450. The molecule has 2 rings (SSSR count). The van der Waals surface area contributed by atoms with Gasteiger partial charge in [-0.25, -0.2) is 4.39 Å². The Morgan fingerprint density at radius 1 is 1.03 bits per heavy atom. The average Bonchev–Trinajstić information content (AvgIpc) is 2.71. The fourth-order valence-corrected chi connectivity index (χ4v) is 2.68. The van der Waals surface area contributed by atoms with Gasteiger partial charge >= 0.3 is 0 Å². The van der Waals surface area contributed by atoms with Crippen LogP contribution in [0.2, 0.25) is 0 Å². The zero-order chi connectivity index (χ0) is 21.1. The number of hydrogen-bond donors (Lipinski definition) is 3. The smallest absolute Gasteiger partial charge is 0.224 e. The maximum atomic E-state index is 13.1. The molecule has 9 heteroatoms. The lowest BCUT2D eigenvalue weighted by molar-refractivity contribution is -0.120. The van der Waals surface area contributed by atoms with E-state index in [1.165, 1.54) is 12.1 Å². The summed E-state index contributed by atoms with van der Waals surface area (Å²) >= 11 is 0. The van der Waals surface area contributed by atoms with Crippen molar-refractivity contribution < 1.29 is 18.7 Å². The number of nitrogens with two attached hydrogens (primary N) is 1. The first-order chi connectivity index (χ1) is 14.0. The van der Waals surface area contributed by atoms with Gasteiger partial charge in [-0.05, 0) is 41.8 Å². The first-order valence-electron chi connectivity index (χ1n) is 9.27. The molecule has 0 bridgehead atoms. The van der Waals surface area contributed by atoms with E-state index in [-0.39, 0.29) is 42.1 Å². The second-order valence-corrected chi connectivity index (χ2v) is 6.29. The number of hydrogen-bond acceptors (Lipinski definition) is 4. The maximum absolute atomic E-state index is 13.1. The summed E-state index contributed by atoms with van der Waals surface area (Å²) in [5, 5.41) is 5.70. The third-order valence-electron chi connectivity index (χ3n) is 4.14. The van der Waals surface area contributed by atoms with Crippen LogP contribution in [0.4, 0.5) is 4.39 Å². The van der Waals surface area contributed by atoms with Gasteiger partial charge in [-0.1, -0.05) is 18.2 Å². The Labute approximate surface area is 193 Å². The molecule has 0 saturated heterocycles. The van der Waals surface area contributed by atoms with E-state index in [1.54, 1.807) is 26.4 Å². The van der Waals surface area contributed by atoms with Crippen molar-refractivity contribution in [1.29, 1.82) is 0 Å². The summed E-state index contributed by atoms with van der Waals surface area (Å²) in [4.78, 5) is 16.1. The molecule has 0 fully saturated rings. The van der Waals surface area contributed by atoms with Crippen LogP contribution in [0.15, 0.2) is 47.5 Å². The Kier molecular flexibility index (Phi) is 11.6. The molecule has 0 heterocycles. The van der Waals surface area contributed by atoms with Crippen LogP contribution in [0, 0.1) is 5.82 Å². The van der Waals surface area contributed by atoms with Crippen molar-refractivity contribution in [3.8, 4) is 11.5 Å². The molecule has 30 heavy (non-hydrogen) atoms. The number of amides is 1. The van der Waals surface area contributed by atoms with Crippen molar-refractivity contribution in [1.82, 2.24) is 10.6 Å². The van der Waals surface area contributed by atoms with E-state index in [9.17, 15) is 9.18 Å². The van der Waals surface area contributed by atoms with E-state index in [1.807, 2.05) is 18.2 Å². The highest BCUT2D eigenvalue weighted by molar-refractivity contribution is 14.0. The maximum Gasteiger partial charge on any atom is 0.224 e. The van der Waals surface area contributed by atoms with Crippen LogP contribution < -0.4 is 25.8 Å². The van der Waals surface area contributed by atoms with E-state index in [0.717, 1.165) is 5.56 Å². The lowest BCUT2D eigenvalue weighted by Gasteiger charge is -2.09. The predicted molar refractivity (Wildman–Crippen MR) is 126 cm³/mol. The Morgan fingerprint density at radius 3 is 2.47 bits per heavy atom. The second kappa shape index (κ2) is 13.6. The van der Waals surface area contributed by atoms with Crippen LogP contribution in [-0.2, 0) is 17.6 Å². The first-order valence-corrected chi connectivity index (χ1v) is 9.27. The molecule has 0 saturated carbocycles. The summed E-state index contributed by atoms with van der Waals surface area (Å²) in [6.07, 6.45) is 0.833. The van der Waals surface area contributed by atoms with E-state index in [2.05, 4.69) is 15.6 Å². The summed E-state index contributed by atoms with van der Waals surface area (Å²) < 4.78 is 23.6. The zero-order valence-corrected chi connectivity index (χ0v) is 19.4. The molecule has 4 N–H and O–H groups in total. The Hall–Kier alpha value is -2.56. The van der Waals surface area contributed by atoms with Gasteiger partial charge in [0.2, 0.25) is 5.91 Å². The molecule has 0 aliphatic carbocycles. The number of nitrogens with one attached hydrogen (secondary N) is 2. The molecule has 0 radical (unpaired) electrons. The highest BCUT2D eigenvalue weighted by Crippen LogP contribution is 2.27. The number of guanidine groups is 1. The van der Waals surface area contributed by atoms with E-state index < -0.39 is 0 Å². The third kappa shape index (κ3) is 8.85. The molecule has 0 atom stereocenters. The molecule has 0 spiro atoms. The van der Waals surface area contributed by atoms with Crippen LogP contribution in [0.1, 0.15) is 11.1 Å². The summed E-state index contributed by atoms with van der Waals surface area (Å²) in [5.41, 5.74) is 7.53. The second-order valence-electron chi connectivity index (χ2n) is 6.29. The van der Waals surface area contributed by atoms with Crippen LogP contribution in [-0.4, -0.2) is 45.7 Å². The molecular formula is C21H28FIN4O3. The molecule has 1 amide bonds. The summed E-state index contributed by atoms with van der Waals surface area (Å²) in [7, 11) is 3.19. The molecule has 2 aromatic carbocycles. The van der Waals surface area contributed by atoms with Crippen LogP contribution in [0.5, 0.6) is 11.5 Å². The molecule has 2 aromatic rings. The Morgan fingerprint density at radius 2 is 1.77 bits per heavy atom. The molecule has 0 aliphatic heterocycles. The fourth-order valence-electron chi connectivity index (χ4n) is 2.68. The van der Waals surface area contributed by atoms with Crippen molar-refractivity contribution in [3.05, 3.63) is 59.4 Å². The number of carbonyl (C=O) groups excluding carboxylic acids is 1.